The largest absolute Gasteiger partial charge is 0.497 e. The molecule has 0 N–H and O–H groups in total. The van der Waals surface area contributed by atoms with Crippen molar-refractivity contribution in [2.75, 3.05) is 7.11 Å². The molecule has 0 bridgehead atoms. The van der Waals surface area contributed by atoms with E-state index in [1.807, 2.05) is 24.3 Å². The van der Waals surface area contributed by atoms with E-state index in [1.165, 1.54) is 19.6 Å². The highest BCUT2D eigenvalue weighted by Gasteiger charge is 2.36. The summed E-state index contributed by atoms with van der Waals surface area (Å²) < 4.78 is 52.5. The Morgan fingerprint density at radius 1 is 1.04 bits per heavy atom. The highest BCUT2D eigenvalue weighted by molar-refractivity contribution is 5.32. The van der Waals surface area contributed by atoms with E-state index in [9.17, 15) is 13.2 Å². The Bertz CT molecular complexity index is 740. The van der Waals surface area contributed by atoms with E-state index in [-0.39, 0.29) is 12.4 Å². The molecule has 1 fully saturated rings. The van der Waals surface area contributed by atoms with Gasteiger partial charge >= 0.3 is 6.11 Å². The summed E-state index contributed by atoms with van der Waals surface area (Å²) in [6, 6.07) is 10.8. The molecule has 1 aliphatic carbocycles. The van der Waals surface area contributed by atoms with Gasteiger partial charge in [-0.05, 0) is 42.0 Å². The maximum Gasteiger partial charge on any atom is 0.386 e. The number of alkyl halides is 2. The van der Waals surface area contributed by atoms with Crippen LogP contribution in [0, 0.1) is 5.82 Å². The van der Waals surface area contributed by atoms with Gasteiger partial charge in [-0.15, -0.1) is 0 Å². The molecule has 0 amide bonds. The molecule has 0 radical (unpaired) electrons. The molecule has 2 aromatic rings. The van der Waals surface area contributed by atoms with E-state index in [1.54, 1.807) is 0 Å². The van der Waals surface area contributed by atoms with Crippen LogP contribution >= 0.6 is 0 Å². The van der Waals surface area contributed by atoms with Crippen molar-refractivity contribution >= 4 is 0 Å². The smallest absolute Gasteiger partial charge is 0.386 e. The molecule has 3 rings (SSSR count). The third-order valence-corrected chi connectivity index (χ3v) is 5.00. The molecule has 0 spiro atoms. The minimum Gasteiger partial charge on any atom is -0.497 e. The first-order valence-electron chi connectivity index (χ1n) is 8.95. The molecular weight excluding hydrogens is 341 g/mol. The van der Waals surface area contributed by atoms with Gasteiger partial charge in [0.2, 0.25) is 0 Å². The van der Waals surface area contributed by atoms with Crippen molar-refractivity contribution in [3.05, 3.63) is 65.0 Å². The van der Waals surface area contributed by atoms with E-state index in [0.29, 0.717) is 5.92 Å². The summed E-state index contributed by atoms with van der Waals surface area (Å²) in [6.45, 7) is -0.259. The number of rotatable bonds is 6. The van der Waals surface area contributed by atoms with Crippen LogP contribution in [0.25, 0.3) is 0 Å². The lowest BCUT2D eigenvalue weighted by molar-refractivity contribution is -0.257. The molecule has 26 heavy (non-hydrogen) atoms. The average molecular weight is 364 g/mol. The number of methoxy groups -OCH3 is 1. The van der Waals surface area contributed by atoms with Gasteiger partial charge in [0.25, 0.3) is 0 Å². The Kier molecular flexibility index (Phi) is 5.87. The number of halogens is 3. The van der Waals surface area contributed by atoms with Crippen molar-refractivity contribution in [2.24, 2.45) is 0 Å². The molecule has 1 aliphatic rings. The van der Waals surface area contributed by atoms with Crippen LogP contribution in [0.15, 0.2) is 42.5 Å². The minimum absolute atomic E-state index is 0.185. The molecule has 2 aromatic carbocycles. The molecule has 0 heterocycles. The minimum atomic E-state index is -3.71. The summed E-state index contributed by atoms with van der Waals surface area (Å²) in [5.74, 6) is -0.477. The zero-order valence-corrected chi connectivity index (χ0v) is 14.8. The van der Waals surface area contributed by atoms with E-state index < -0.39 is 17.5 Å². The van der Waals surface area contributed by atoms with E-state index in [2.05, 4.69) is 0 Å². The van der Waals surface area contributed by atoms with Gasteiger partial charge in [-0.25, -0.2) is 4.39 Å². The van der Waals surface area contributed by atoms with Gasteiger partial charge in [0.15, 0.2) is 0 Å². The van der Waals surface area contributed by atoms with Gasteiger partial charge in [0, 0.05) is 6.07 Å². The number of hydrogen-bond acceptors (Lipinski definition) is 2. The monoisotopic (exact) mass is 364 g/mol. The van der Waals surface area contributed by atoms with Crippen molar-refractivity contribution in [3.63, 3.8) is 0 Å². The summed E-state index contributed by atoms with van der Waals surface area (Å²) in [7, 11) is 1.35. The van der Waals surface area contributed by atoms with Crippen LogP contribution in [0.3, 0.4) is 0 Å². The topological polar surface area (TPSA) is 18.5 Å². The molecule has 140 valence electrons. The van der Waals surface area contributed by atoms with Crippen molar-refractivity contribution in [1.29, 1.82) is 0 Å². The molecule has 2 nitrogen and oxygen atoms in total. The highest BCUT2D eigenvalue weighted by atomic mass is 19.3. The van der Waals surface area contributed by atoms with Crippen molar-refractivity contribution in [3.8, 4) is 5.75 Å². The molecule has 0 aliphatic heterocycles. The second-order valence-corrected chi connectivity index (χ2v) is 6.68. The molecule has 0 saturated heterocycles. The summed E-state index contributed by atoms with van der Waals surface area (Å²) in [4.78, 5) is 0. The molecule has 0 aromatic heterocycles. The fourth-order valence-corrected chi connectivity index (χ4v) is 3.58. The lowest BCUT2D eigenvalue weighted by atomic mass is 9.82. The first-order chi connectivity index (χ1) is 12.5. The fraction of sp³-hybridized carbons (Fsp3) is 0.429. The SMILES string of the molecule is COc1ccc(C(F)(F)OCc2ccccc2C2CCCCC2)c(F)c1. The third-order valence-electron chi connectivity index (χ3n) is 5.00. The van der Waals surface area contributed by atoms with Crippen LogP contribution < -0.4 is 4.74 Å². The lowest BCUT2D eigenvalue weighted by Gasteiger charge is -2.25. The normalized spacial score (nSPS) is 15.8. The first-order valence-corrected chi connectivity index (χ1v) is 8.95. The maximum atomic E-state index is 14.4. The third kappa shape index (κ3) is 4.21. The molecule has 0 unspecified atom stereocenters. The number of hydrogen-bond donors (Lipinski definition) is 0. The van der Waals surface area contributed by atoms with Crippen LogP contribution in [0.5, 0.6) is 5.75 Å². The molecular formula is C21H23F3O2. The second-order valence-electron chi connectivity index (χ2n) is 6.68. The van der Waals surface area contributed by atoms with Gasteiger partial charge in [-0.2, -0.15) is 8.78 Å². The van der Waals surface area contributed by atoms with Crippen LogP contribution in [-0.4, -0.2) is 7.11 Å². The zero-order chi connectivity index (χ0) is 18.6. The zero-order valence-electron chi connectivity index (χ0n) is 14.8. The predicted octanol–water partition coefficient (Wildman–Crippen LogP) is 6.15. The number of benzene rings is 2. The van der Waals surface area contributed by atoms with Crippen molar-refractivity contribution in [1.82, 2.24) is 0 Å². The lowest BCUT2D eigenvalue weighted by Crippen LogP contribution is -2.20. The predicted molar refractivity (Wildman–Crippen MR) is 93.9 cm³/mol. The summed E-state index contributed by atoms with van der Waals surface area (Å²) in [5, 5.41) is 0. The Labute approximate surface area is 151 Å². The second kappa shape index (κ2) is 8.12. The average Bonchev–Trinajstić information content (AvgIpc) is 2.67. The van der Waals surface area contributed by atoms with Gasteiger partial charge in [0.05, 0.1) is 19.3 Å². The van der Waals surface area contributed by atoms with Crippen LogP contribution in [0.2, 0.25) is 0 Å². The number of ether oxygens (including phenoxy) is 2. The van der Waals surface area contributed by atoms with Crippen LogP contribution in [-0.2, 0) is 17.5 Å². The van der Waals surface area contributed by atoms with E-state index in [4.69, 9.17) is 9.47 Å². The van der Waals surface area contributed by atoms with Crippen molar-refractivity contribution < 1.29 is 22.6 Å². The summed E-state index contributed by atoms with van der Waals surface area (Å²) in [5.41, 5.74) is 1.03. The van der Waals surface area contributed by atoms with E-state index in [0.717, 1.165) is 48.9 Å². The standard InChI is InChI=1S/C21H23F3O2/c1-25-17-11-12-19(20(22)13-17)21(23,24)26-14-16-9-5-6-10-18(16)15-7-3-2-4-8-15/h5-6,9-13,15H,2-4,7-8,14H2,1H3. The molecule has 5 heteroatoms. The van der Waals surface area contributed by atoms with Crippen LogP contribution in [0.1, 0.15) is 54.7 Å². The maximum absolute atomic E-state index is 14.4. The van der Waals surface area contributed by atoms with Crippen molar-refractivity contribution in [2.45, 2.75) is 50.7 Å². The highest BCUT2D eigenvalue weighted by Crippen LogP contribution is 2.37. The van der Waals surface area contributed by atoms with Gasteiger partial charge < -0.3 is 9.47 Å². The quantitative estimate of drug-likeness (QED) is 0.612. The van der Waals surface area contributed by atoms with Gasteiger partial charge in [0.1, 0.15) is 11.6 Å². The van der Waals surface area contributed by atoms with Gasteiger partial charge in [-0.3, -0.25) is 0 Å². The Hall–Kier alpha value is -2.01. The Morgan fingerprint density at radius 3 is 2.46 bits per heavy atom. The Morgan fingerprint density at radius 2 is 1.77 bits per heavy atom. The van der Waals surface area contributed by atoms with Crippen LogP contribution in [0.4, 0.5) is 13.2 Å². The van der Waals surface area contributed by atoms with E-state index >= 15 is 0 Å². The molecule has 0 atom stereocenters. The fourth-order valence-electron chi connectivity index (χ4n) is 3.58. The summed E-state index contributed by atoms with van der Waals surface area (Å²) >= 11 is 0. The summed E-state index contributed by atoms with van der Waals surface area (Å²) in [6.07, 6.45) is 1.97. The first kappa shape index (κ1) is 18.8. The molecule has 1 saturated carbocycles. The van der Waals surface area contributed by atoms with Gasteiger partial charge in [-0.1, -0.05) is 43.5 Å². The Balaban J connectivity index is 1.76.